The summed E-state index contributed by atoms with van der Waals surface area (Å²) < 4.78 is 4.57. The zero-order chi connectivity index (χ0) is 16.3. The molecule has 22 heavy (non-hydrogen) atoms. The largest absolute Gasteiger partial charge is 0.506 e. The van der Waals surface area contributed by atoms with Crippen molar-refractivity contribution >= 4 is 23.0 Å². The zero-order valence-electron chi connectivity index (χ0n) is 11.4. The predicted octanol–water partition coefficient (Wildman–Crippen LogP) is 2.54. The molecule has 0 saturated heterocycles. The smallest absolute Gasteiger partial charge is 0.337 e. The standard InChI is InChI=1S/C14H12N2O6/c1-22-14(19)8-2-4-9(5-3-8)15-10-6-11(16(20)21)13(18)7-12(10)17/h2-7,15,17-18H,1H3. The first-order valence-electron chi connectivity index (χ1n) is 6.08. The number of nitrogens with zero attached hydrogens (tertiary/aromatic N) is 1. The summed E-state index contributed by atoms with van der Waals surface area (Å²) in [6.07, 6.45) is 0. The first kappa shape index (κ1) is 15.1. The van der Waals surface area contributed by atoms with E-state index in [0.29, 0.717) is 11.3 Å². The minimum atomic E-state index is -0.764. The quantitative estimate of drug-likeness (QED) is 0.261. The average molecular weight is 304 g/mol. The first-order valence-corrected chi connectivity index (χ1v) is 6.08. The highest BCUT2D eigenvalue weighted by Gasteiger charge is 2.17. The highest BCUT2D eigenvalue weighted by atomic mass is 16.6. The number of nitro benzene ring substituents is 1. The van der Waals surface area contributed by atoms with Gasteiger partial charge in [-0.15, -0.1) is 0 Å². The minimum absolute atomic E-state index is 0.0512. The van der Waals surface area contributed by atoms with E-state index in [0.717, 1.165) is 12.1 Å². The number of hydrogen-bond acceptors (Lipinski definition) is 7. The molecule has 0 aliphatic carbocycles. The molecule has 2 rings (SSSR count). The topological polar surface area (TPSA) is 122 Å². The summed E-state index contributed by atoms with van der Waals surface area (Å²) in [5.74, 6) is -1.47. The fourth-order valence-electron chi connectivity index (χ4n) is 1.78. The lowest BCUT2D eigenvalue weighted by molar-refractivity contribution is -0.385. The lowest BCUT2D eigenvalue weighted by Crippen LogP contribution is -2.01. The number of benzene rings is 2. The van der Waals surface area contributed by atoms with E-state index in [2.05, 4.69) is 10.1 Å². The van der Waals surface area contributed by atoms with Crippen molar-refractivity contribution in [1.29, 1.82) is 0 Å². The molecule has 2 aromatic rings. The predicted molar refractivity (Wildman–Crippen MR) is 77.5 cm³/mol. The molecule has 0 aliphatic rings. The van der Waals surface area contributed by atoms with Crippen LogP contribution in [0, 0.1) is 10.1 Å². The summed E-state index contributed by atoms with van der Waals surface area (Å²) in [6.45, 7) is 0. The van der Waals surface area contributed by atoms with Crippen molar-refractivity contribution in [2.45, 2.75) is 0 Å². The number of rotatable bonds is 4. The van der Waals surface area contributed by atoms with Gasteiger partial charge in [-0.3, -0.25) is 10.1 Å². The molecule has 0 fully saturated rings. The van der Waals surface area contributed by atoms with E-state index in [1.807, 2.05) is 0 Å². The molecule has 0 aliphatic heterocycles. The number of nitrogens with one attached hydrogen (secondary N) is 1. The van der Waals surface area contributed by atoms with Crippen LogP contribution in [0.4, 0.5) is 17.1 Å². The van der Waals surface area contributed by atoms with Gasteiger partial charge >= 0.3 is 11.7 Å². The van der Waals surface area contributed by atoms with Crippen LogP contribution in [-0.4, -0.2) is 28.2 Å². The van der Waals surface area contributed by atoms with Crippen LogP contribution in [0.1, 0.15) is 10.4 Å². The number of methoxy groups -OCH3 is 1. The average Bonchev–Trinajstić information content (AvgIpc) is 2.49. The van der Waals surface area contributed by atoms with Crippen molar-refractivity contribution in [2.75, 3.05) is 12.4 Å². The monoisotopic (exact) mass is 304 g/mol. The molecule has 8 heteroatoms. The molecule has 0 radical (unpaired) electrons. The highest BCUT2D eigenvalue weighted by molar-refractivity contribution is 5.89. The molecule has 2 aromatic carbocycles. The van der Waals surface area contributed by atoms with Crippen LogP contribution in [-0.2, 0) is 4.74 Å². The van der Waals surface area contributed by atoms with Crippen LogP contribution in [0.3, 0.4) is 0 Å². The van der Waals surface area contributed by atoms with Crippen molar-refractivity contribution in [3.63, 3.8) is 0 Å². The van der Waals surface area contributed by atoms with Gasteiger partial charge in [-0.2, -0.15) is 0 Å². The van der Waals surface area contributed by atoms with Gasteiger partial charge in [-0.25, -0.2) is 4.79 Å². The highest BCUT2D eigenvalue weighted by Crippen LogP contribution is 2.37. The molecule has 0 saturated carbocycles. The fourth-order valence-corrected chi connectivity index (χ4v) is 1.78. The van der Waals surface area contributed by atoms with E-state index in [4.69, 9.17) is 0 Å². The number of phenolic OH excluding ortho intramolecular Hbond substituents is 2. The first-order chi connectivity index (χ1) is 10.4. The van der Waals surface area contributed by atoms with Gasteiger partial charge in [0.15, 0.2) is 5.75 Å². The minimum Gasteiger partial charge on any atom is -0.506 e. The summed E-state index contributed by atoms with van der Waals surface area (Å²) >= 11 is 0. The maximum Gasteiger partial charge on any atom is 0.337 e. The van der Waals surface area contributed by atoms with Crippen molar-refractivity contribution in [3.8, 4) is 11.5 Å². The summed E-state index contributed by atoms with van der Waals surface area (Å²) in [7, 11) is 1.27. The van der Waals surface area contributed by atoms with Gasteiger partial charge in [0.2, 0.25) is 0 Å². The molecular weight excluding hydrogens is 292 g/mol. The Balaban J connectivity index is 2.29. The zero-order valence-corrected chi connectivity index (χ0v) is 11.4. The van der Waals surface area contributed by atoms with E-state index in [1.165, 1.54) is 19.2 Å². The van der Waals surface area contributed by atoms with Gasteiger partial charge in [-0.1, -0.05) is 0 Å². The van der Waals surface area contributed by atoms with E-state index in [1.54, 1.807) is 12.1 Å². The Morgan fingerprint density at radius 3 is 2.36 bits per heavy atom. The van der Waals surface area contributed by atoms with Crippen LogP contribution in [0.25, 0.3) is 0 Å². The number of aromatic hydroxyl groups is 2. The van der Waals surface area contributed by atoms with Gasteiger partial charge in [0.1, 0.15) is 5.75 Å². The normalized spacial score (nSPS) is 10.0. The van der Waals surface area contributed by atoms with Crippen molar-refractivity contribution in [1.82, 2.24) is 0 Å². The van der Waals surface area contributed by atoms with Crippen LogP contribution < -0.4 is 5.32 Å². The summed E-state index contributed by atoms with van der Waals surface area (Å²) in [4.78, 5) is 21.3. The van der Waals surface area contributed by atoms with E-state index in [9.17, 15) is 25.1 Å². The number of carbonyl (C=O) groups excluding carboxylic acids is 1. The molecule has 0 spiro atoms. The molecular formula is C14H12N2O6. The molecule has 0 heterocycles. The van der Waals surface area contributed by atoms with Gasteiger partial charge < -0.3 is 20.3 Å². The number of ether oxygens (including phenoxy) is 1. The Kier molecular flexibility index (Phi) is 4.12. The van der Waals surface area contributed by atoms with Crippen LogP contribution in [0.15, 0.2) is 36.4 Å². The SMILES string of the molecule is COC(=O)c1ccc(Nc2cc([N+](=O)[O-])c(O)cc2O)cc1. The second kappa shape index (κ2) is 6.00. The van der Waals surface area contributed by atoms with E-state index >= 15 is 0 Å². The number of esters is 1. The number of carbonyl (C=O) groups is 1. The number of phenols is 2. The molecule has 0 bridgehead atoms. The van der Waals surface area contributed by atoms with Crippen molar-refractivity contribution in [3.05, 3.63) is 52.1 Å². The maximum atomic E-state index is 11.3. The summed E-state index contributed by atoms with van der Waals surface area (Å²) in [5, 5.41) is 32.7. The second-order valence-corrected chi connectivity index (χ2v) is 4.31. The van der Waals surface area contributed by atoms with Gasteiger partial charge in [0, 0.05) is 17.8 Å². The molecule has 0 atom stereocenters. The molecule has 8 nitrogen and oxygen atoms in total. The van der Waals surface area contributed by atoms with Gasteiger partial charge in [0.25, 0.3) is 0 Å². The van der Waals surface area contributed by atoms with Gasteiger partial charge in [-0.05, 0) is 24.3 Å². The Morgan fingerprint density at radius 1 is 1.18 bits per heavy atom. The number of anilines is 2. The second-order valence-electron chi connectivity index (χ2n) is 4.31. The van der Waals surface area contributed by atoms with Crippen molar-refractivity contribution < 1.29 is 24.7 Å². The van der Waals surface area contributed by atoms with Crippen LogP contribution in [0.5, 0.6) is 11.5 Å². The van der Waals surface area contributed by atoms with Crippen molar-refractivity contribution in [2.24, 2.45) is 0 Å². The third-order valence-corrected chi connectivity index (χ3v) is 2.87. The third-order valence-electron chi connectivity index (χ3n) is 2.87. The molecule has 114 valence electrons. The van der Waals surface area contributed by atoms with E-state index in [-0.39, 0.29) is 11.4 Å². The van der Waals surface area contributed by atoms with Gasteiger partial charge in [0.05, 0.1) is 23.3 Å². The Labute approximate surface area is 124 Å². The summed E-state index contributed by atoms with van der Waals surface area (Å²) in [6, 6.07) is 7.98. The molecule has 3 N–H and O–H groups in total. The Morgan fingerprint density at radius 2 is 1.82 bits per heavy atom. The lowest BCUT2D eigenvalue weighted by Gasteiger charge is -2.09. The van der Waals surface area contributed by atoms with Crippen LogP contribution >= 0.6 is 0 Å². The fraction of sp³-hybridized carbons (Fsp3) is 0.0714. The number of hydrogen-bond donors (Lipinski definition) is 3. The molecule has 0 aromatic heterocycles. The van der Waals surface area contributed by atoms with Crippen LogP contribution in [0.2, 0.25) is 0 Å². The maximum absolute atomic E-state index is 11.3. The molecule has 0 amide bonds. The Hall–Kier alpha value is -3.29. The lowest BCUT2D eigenvalue weighted by atomic mass is 10.2. The third kappa shape index (κ3) is 3.06. The van der Waals surface area contributed by atoms with E-state index < -0.39 is 22.3 Å². The summed E-state index contributed by atoms with van der Waals surface area (Å²) in [5.41, 5.74) is 0.346. The Bertz CT molecular complexity index is 727. The number of nitro groups is 1. The molecule has 0 unspecified atom stereocenters.